The normalized spacial score (nSPS) is 7.82. The van der Waals surface area contributed by atoms with Crippen molar-refractivity contribution in [2.45, 2.75) is 54.6 Å². The van der Waals surface area contributed by atoms with Crippen molar-refractivity contribution in [3.05, 3.63) is 35.9 Å². The van der Waals surface area contributed by atoms with E-state index in [1.165, 1.54) is 5.56 Å². The summed E-state index contributed by atoms with van der Waals surface area (Å²) in [7, 11) is 1.75. The summed E-state index contributed by atoms with van der Waals surface area (Å²) < 4.78 is 0. The average molecular weight is 241 g/mol. The first-order chi connectivity index (χ1) is 8.16. The molecule has 0 aliphatic heterocycles. The summed E-state index contributed by atoms with van der Waals surface area (Å²) in [5.41, 5.74) is 3.89. The third-order valence-corrected chi connectivity index (χ3v) is 1.29. The molecule has 0 spiro atoms. The van der Waals surface area contributed by atoms with Crippen molar-refractivity contribution in [3.63, 3.8) is 0 Å². The molecule has 1 N–H and O–H groups in total. The van der Waals surface area contributed by atoms with E-state index in [1.807, 2.05) is 59.7 Å². The molecule has 0 aliphatic carbocycles. The predicted molar refractivity (Wildman–Crippen MR) is 79.2 cm³/mol. The van der Waals surface area contributed by atoms with E-state index in [-0.39, 0.29) is 6.10 Å². The molecular weight excluding hydrogens is 210 g/mol. The van der Waals surface area contributed by atoms with Crippen molar-refractivity contribution >= 4 is 0 Å². The molecule has 0 amide bonds. The Hall–Kier alpha value is -0.860. The van der Waals surface area contributed by atoms with Gasteiger partial charge in [0.25, 0.3) is 0 Å². The molecule has 0 fully saturated rings. The highest BCUT2D eigenvalue weighted by Crippen LogP contribution is 1.92. The van der Waals surface area contributed by atoms with Crippen LogP contribution in [0.3, 0.4) is 0 Å². The predicted octanol–water partition coefficient (Wildman–Crippen LogP) is 4.59. The Kier molecular flexibility index (Phi) is 25.9. The van der Waals surface area contributed by atoms with E-state index in [4.69, 9.17) is 4.84 Å². The number of aryl methyl sites for hydroxylation is 1. The number of hydrogen-bond donors (Lipinski definition) is 1. The average Bonchev–Trinajstić information content (AvgIpc) is 2.36. The fourth-order valence-corrected chi connectivity index (χ4v) is 0.770. The largest absolute Gasteiger partial charge is 0.299 e. The summed E-state index contributed by atoms with van der Waals surface area (Å²) in [6.07, 6.45) is 0.287. The van der Waals surface area contributed by atoms with Crippen LogP contribution in [0.25, 0.3) is 0 Å². The van der Waals surface area contributed by atoms with Crippen LogP contribution in [0.1, 0.15) is 47.1 Å². The lowest BCUT2D eigenvalue weighted by atomic mass is 10.2. The Bertz CT molecular complexity index is 197. The monoisotopic (exact) mass is 241 g/mol. The third kappa shape index (κ3) is 25.4. The molecule has 1 aromatic rings. The second-order valence-corrected chi connectivity index (χ2v) is 3.03. The number of hydrogen-bond acceptors (Lipinski definition) is 2. The number of rotatable bonds is 2. The van der Waals surface area contributed by atoms with E-state index in [0.717, 1.165) is 0 Å². The van der Waals surface area contributed by atoms with E-state index in [0.29, 0.717) is 0 Å². The van der Waals surface area contributed by atoms with Crippen LogP contribution in [-0.4, -0.2) is 13.2 Å². The van der Waals surface area contributed by atoms with Crippen LogP contribution in [0.4, 0.5) is 0 Å². The maximum absolute atomic E-state index is 4.79. The van der Waals surface area contributed by atoms with E-state index < -0.39 is 0 Å². The molecule has 0 unspecified atom stereocenters. The van der Waals surface area contributed by atoms with E-state index in [9.17, 15) is 0 Å². The molecule has 2 heteroatoms. The second kappa shape index (κ2) is 20.5. The SMILES string of the molecule is CC.CC.CNOC(C)C.Cc1ccccc1. The van der Waals surface area contributed by atoms with Gasteiger partial charge in [0.2, 0.25) is 0 Å². The van der Waals surface area contributed by atoms with Crippen molar-refractivity contribution in [1.82, 2.24) is 5.48 Å². The molecule has 0 aromatic heterocycles. The molecule has 102 valence electrons. The number of nitrogens with one attached hydrogen (secondary N) is 1. The lowest BCUT2D eigenvalue weighted by Gasteiger charge is -2.01. The number of hydroxylamine groups is 1. The zero-order chi connectivity index (χ0) is 14.1. The van der Waals surface area contributed by atoms with Gasteiger partial charge in [-0.15, -0.1) is 0 Å². The van der Waals surface area contributed by atoms with Crippen molar-refractivity contribution in [3.8, 4) is 0 Å². The summed E-state index contributed by atoms with van der Waals surface area (Å²) in [5, 5.41) is 0. The molecule has 1 rings (SSSR count). The van der Waals surface area contributed by atoms with Crippen LogP contribution in [0.2, 0.25) is 0 Å². The van der Waals surface area contributed by atoms with Gasteiger partial charge >= 0.3 is 0 Å². The quantitative estimate of drug-likeness (QED) is 0.764. The minimum atomic E-state index is 0.287. The second-order valence-electron chi connectivity index (χ2n) is 3.03. The Labute approximate surface area is 108 Å². The fraction of sp³-hybridized carbons (Fsp3) is 0.600. The molecule has 1 aromatic carbocycles. The highest BCUT2D eigenvalue weighted by Gasteiger charge is 1.83. The van der Waals surface area contributed by atoms with Crippen molar-refractivity contribution < 1.29 is 4.84 Å². The molecule has 0 heterocycles. The number of benzene rings is 1. The Morgan fingerprint density at radius 3 is 1.47 bits per heavy atom. The summed E-state index contributed by atoms with van der Waals surface area (Å²) in [5.74, 6) is 0. The van der Waals surface area contributed by atoms with E-state index >= 15 is 0 Å². The Morgan fingerprint density at radius 1 is 0.941 bits per heavy atom. The highest BCUT2D eigenvalue weighted by molar-refractivity contribution is 5.11. The lowest BCUT2D eigenvalue weighted by molar-refractivity contribution is 0.00953. The first-order valence-corrected chi connectivity index (χ1v) is 6.51. The summed E-state index contributed by atoms with van der Waals surface area (Å²) in [4.78, 5) is 4.79. The van der Waals surface area contributed by atoms with Crippen molar-refractivity contribution in [2.24, 2.45) is 0 Å². The minimum absolute atomic E-state index is 0.287. The van der Waals surface area contributed by atoms with Gasteiger partial charge in [0, 0.05) is 7.05 Å². The minimum Gasteiger partial charge on any atom is -0.299 e. The molecule has 0 aliphatic rings. The van der Waals surface area contributed by atoms with Crippen LogP contribution in [-0.2, 0) is 4.84 Å². The van der Waals surface area contributed by atoms with Gasteiger partial charge in [-0.3, -0.25) is 4.84 Å². The maximum Gasteiger partial charge on any atom is 0.0734 e. The van der Waals surface area contributed by atoms with Gasteiger partial charge in [-0.1, -0.05) is 63.6 Å². The van der Waals surface area contributed by atoms with Crippen LogP contribution < -0.4 is 5.48 Å². The van der Waals surface area contributed by atoms with Gasteiger partial charge in [0.15, 0.2) is 0 Å². The Balaban J connectivity index is -0.000000180. The topological polar surface area (TPSA) is 21.3 Å². The fourth-order valence-electron chi connectivity index (χ4n) is 0.770. The van der Waals surface area contributed by atoms with Gasteiger partial charge in [0.05, 0.1) is 6.10 Å². The standard InChI is InChI=1S/C7H8.C4H11NO.2C2H6/c1-7-5-3-2-4-6-7;1-4(2)6-5-3;2*1-2/h2-6H,1H3;4-5H,1-3H3;2*1-2H3. The van der Waals surface area contributed by atoms with Crippen LogP contribution in [0, 0.1) is 6.92 Å². The summed E-state index contributed by atoms with van der Waals surface area (Å²) in [6, 6.07) is 10.3. The first-order valence-electron chi connectivity index (χ1n) is 6.51. The zero-order valence-electron chi connectivity index (χ0n) is 12.9. The smallest absolute Gasteiger partial charge is 0.0734 e. The molecule has 0 bridgehead atoms. The third-order valence-electron chi connectivity index (χ3n) is 1.29. The van der Waals surface area contributed by atoms with Gasteiger partial charge in [0.1, 0.15) is 0 Å². The summed E-state index contributed by atoms with van der Waals surface area (Å²) >= 11 is 0. The highest BCUT2D eigenvalue weighted by atomic mass is 16.6. The molecular formula is C15H31NO. The van der Waals surface area contributed by atoms with Gasteiger partial charge in [-0.2, -0.15) is 0 Å². The molecule has 2 nitrogen and oxygen atoms in total. The van der Waals surface area contributed by atoms with Crippen molar-refractivity contribution in [2.75, 3.05) is 7.05 Å². The molecule has 0 radical (unpaired) electrons. The molecule has 0 saturated heterocycles. The molecule has 17 heavy (non-hydrogen) atoms. The maximum atomic E-state index is 4.79. The zero-order valence-corrected chi connectivity index (χ0v) is 12.9. The lowest BCUT2D eigenvalue weighted by Crippen LogP contribution is -2.13. The van der Waals surface area contributed by atoms with E-state index in [1.54, 1.807) is 7.05 Å². The molecule has 0 atom stereocenters. The van der Waals surface area contributed by atoms with Crippen LogP contribution >= 0.6 is 0 Å². The first kappa shape index (κ1) is 21.4. The summed E-state index contributed by atoms with van der Waals surface area (Å²) in [6.45, 7) is 14.0. The van der Waals surface area contributed by atoms with Gasteiger partial charge in [-0.25, -0.2) is 5.48 Å². The molecule has 0 saturated carbocycles. The van der Waals surface area contributed by atoms with Gasteiger partial charge < -0.3 is 0 Å². The van der Waals surface area contributed by atoms with Gasteiger partial charge in [-0.05, 0) is 20.8 Å². The van der Waals surface area contributed by atoms with Crippen molar-refractivity contribution in [1.29, 1.82) is 0 Å². The van der Waals surface area contributed by atoms with Crippen LogP contribution in [0.5, 0.6) is 0 Å². The van der Waals surface area contributed by atoms with Crippen LogP contribution in [0.15, 0.2) is 30.3 Å². The Morgan fingerprint density at radius 2 is 1.35 bits per heavy atom. The van der Waals surface area contributed by atoms with E-state index in [2.05, 4.69) is 24.5 Å².